The Labute approximate surface area is 146 Å². The van der Waals surface area contributed by atoms with Gasteiger partial charge in [-0.2, -0.15) is 0 Å². The van der Waals surface area contributed by atoms with Crippen molar-refractivity contribution in [3.63, 3.8) is 0 Å². The first-order valence-electron chi connectivity index (χ1n) is 8.30. The summed E-state index contributed by atoms with van der Waals surface area (Å²) in [6, 6.07) is 5.08. The number of imidazole rings is 1. The molecule has 0 fully saturated rings. The van der Waals surface area contributed by atoms with Crippen molar-refractivity contribution in [2.75, 3.05) is 13.2 Å². The maximum atomic E-state index is 12.3. The summed E-state index contributed by atoms with van der Waals surface area (Å²) in [6.07, 6.45) is 5.55. The molecule has 1 N–H and O–H groups in total. The molecule has 7 nitrogen and oxygen atoms in total. The van der Waals surface area contributed by atoms with Crippen LogP contribution in [0.5, 0.6) is 11.5 Å². The zero-order valence-electron chi connectivity index (χ0n) is 14.1. The number of fused-ring (bicyclic) bond motifs is 1. The molecule has 0 aliphatic carbocycles. The van der Waals surface area contributed by atoms with Crippen LogP contribution in [0, 0.1) is 0 Å². The molecule has 1 unspecified atom stereocenters. The van der Waals surface area contributed by atoms with Crippen LogP contribution in [-0.4, -0.2) is 40.5 Å². The minimum Gasteiger partial charge on any atom is -0.486 e. The SMILES string of the molecule is CC(Cn1ccnc1)NC(=O)CCC(=O)c1ccc2c(c1)OCCO2. The maximum Gasteiger partial charge on any atom is 0.220 e. The van der Waals surface area contributed by atoms with Crippen LogP contribution in [0.15, 0.2) is 36.9 Å². The number of hydrogen-bond acceptors (Lipinski definition) is 5. The van der Waals surface area contributed by atoms with Crippen molar-refractivity contribution in [2.24, 2.45) is 0 Å². The van der Waals surface area contributed by atoms with E-state index in [1.807, 2.05) is 17.7 Å². The number of ketones is 1. The average Bonchev–Trinajstić information content (AvgIpc) is 3.12. The van der Waals surface area contributed by atoms with Crippen LogP contribution in [0.2, 0.25) is 0 Å². The Morgan fingerprint density at radius 2 is 2.04 bits per heavy atom. The number of nitrogens with zero attached hydrogens (tertiary/aromatic N) is 2. The van der Waals surface area contributed by atoms with E-state index in [2.05, 4.69) is 10.3 Å². The predicted octanol–water partition coefficient (Wildman–Crippen LogP) is 1.82. The van der Waals surface area contributed by atoms with Crippen molar-refractivity contribution in [2.45, 2.75) is 32.4 Å². The van der Waals surface area contributed by atoms with Gasteiger partial charge in [-0.3, -0.25) is 9.59 Å². The van der Waals surface area contributed by atoms with Gasteiger partial charge in [-0.05, 0) is 25.1 Å². The first-order chi connectivity index (χ1) is 12.1. The van der Waals surface area contributed by atoms with E-state index in [0.29, 0.717) is 36.8 Å². The Balaban J connectivity index is 1.47. The second kappa shape index (κ2) is 7.83. The molecular weight excluding hydrogens is 322 g/mol. The van der Waals surface area contributed by atoms with Crippen LogP contribution in [0.4, 0.5) is 0 Å². The highest BCUT2D eigenvalue weighted by Crippen LogP contribution is 2.31. The fourth-order valence-corrected chi connectivity index (χ4v) is 2.69. The highest BCUT2D eigenvalue weighted by molar-refractivity contribution is 5.98. The Kier molecular flexibility index (Phi) is 5.33. The van der Waals surface area contributed by atoms with Crippen LogP contribution in [-0.2, 0) is 11.3 Å². The number of rotatable bonds is 7. The molecule has 1 aliphatic rings. The lowest BCUT2D eigenvalue weighted by molar-refractivity contribution is -0.121. The van der Waals surface area contributed by atoms with Gasteiger partial charge in [-0.1, -0.05) is 0 Å². The first kappa shape index (κ1) is 17.0. The highest BCUT2D eigenvalue weighted by Gasteiger charge is 2.16. The molecule has 1 aromatic carbocycles. The van der Waals surface area contributed by atoms with E-state index in [1.54, 1.807) is 30.7 Å². The summed E-state index contributed by atoms with van der Waals surface area (Å²) in [5.41, 5.74) is 0.531. The van der Waals surface area contributed by atoms with E-state index < -0.39 is 0 Å². The third-order valence-electron chi connectivity index (χ3n) is 3.89. The van der Waals surface area contributed by atoms with Crippen molar-refractivity contribution >= 4 is 11.7 Å². The van der Waals surface area contributed by atoms with E-state index in [0.717, 1.165) is 0 Å². The molecule has 2 aromatic rings. The van der Waals surface area contributed by atoms with E-state index in [9.17, 15) is 9.59 Å². The Hall–Kier alpha value is -2.83. The normalized spacial score (nSPS) is 14.0. The number of Topliss-reactive ketones (excluding diaryl/α,β-unsaturated/α-hetero) is 1. The zero-order chi connectivity index (χ0) is 17.6. The summed E-state index contributed by atoms with van der Waals surface area (Å²) in [5.74, 6) is 0.997. The summed E-state index contributed by atoms with van der Waals surface area (Å²) < 4.78 is 12.8. The van der Waals surface area contributed by atoms with Crippen LogP contribution in [0.25, 0.3) is 0 Å². The quantitative estimate of drug-likeness (QED) is 0.776. The Morgan fingerprint density at radius 1 is 1.24 bits per heavy atom. The molecule has 1 amide bonds. The summed E-state index contributed by atoms with van der Waals surface area (Å²) >= 11 is 0. The largest absolute Gasteiger partial charge is 0.486 e. The van der Waals surface area contributed by atoms with Crippen molar-refractivity contribution in [3.8, 4) is 11.5 Å². The summed E-state index contributed by atoms with van der Waals surface area (Å²) in [7, 11) is 0. The number of hydrogen-bond donors (Lipinski definition) is 1. The fraction of sp³-hybridized carbons (Fsp3) is 0.389. The standard InChI is InChI=1S/C18H21N3O4/c1-13(11-21-7-6-19-12-21)20-18(23)5-3-15(22)14-2-4-16-17(10-14)25-9-8-24-16/h2,4,6-7,10,12-13H,3,5,8-9,11H2,1H3,(H,20,23). The second-order valence-electron chi connectivity index (χ2n) is 6.01. The number of nitrogens with one attached hydrogen (secondary N) is 1. The van der Waals surface area contributed by atoms with Gasteiger partial charge in [-0.25, -0.2) is 4.98 Å². The number of ether oxygens (including phenoxy) is 2. The molecule has 132 valence electrons. The Bertz CT molecular complexity index is 743. The average molecular weight is 343 g/mol. The highest BCUT2D eigenvalue weighted by atomic mass is 16.6. The van der Waals surface area contributed by atoms with Gasteiger partial charge in [0, 0.05) is 43.4 Å². The van der Waals surface area contributed by atoms with Crippen LogP contribution in [0.3, 0.4) is 0 Å². The van der Waals surface area contributed by atoms with Crippen molar-refractivity contribution in [3.05, 3.63) is 42.5 Å². The topological polar surface area (TPSA) is 82.5 Å². The van der Waals surface area contributed by atoms with Gasteiger partial charge in [0.1, 0.15) is 13.2 Å². The number of carbonyl (C=O) groups is 2. The van der Waals surface area contributed by atoms with Gasteiger partial charge in [0.2, 0.25) is 5.91 Å². The molecule has 0 saturated carbocycles. The van der Waals surface area contributed by atoms with Gasteiger partial charge in [0.25, 0.3) is 0 Å². The lowest BCUT2D eigenvalue weighted by Crippen LogP contribution is -2.35. The molecule has 2 heterocycles. The van der Waals surface area contributed by atoms with Gasteiger partial charge in [0.15, 0.2) is 17.3 Å². The van der Waals surface area contributed by atoms with Crippen molar-refractivity contribution in [1.29, 1.82) is 0 Å². The maximum absolute atomic E-state index is 12.3. The molecule has 0 saturated heterocycles. The minimum atomic E-state index is -0.140. The number of carbonyl (C=O) groups excluding carboxylic acids is 2. The summed E-state index contributed by atoms with van der Waals surface area (Å²) in [6.45, 7) is 3.54. The van der Waals surface area contributed by atoms with E-state index in [-0.39, 0.29) is 30.6 Å². The smallest absolute Gasteiger partial charge is 0.220 e. The second-order valence-corrected chi connectivity index (χ2v) is 6.01. The molecule has 1 aromatic heterocycles. The molecule has 1 aliphatic heterocycles. The number of aromatic nitrogens is 2. The molecular formula is C18H21N3O4. The number of benzene rings is 1. The van der Waals surface area contributed by atoms with Crippen molar-refractivity contribution in [1.82, 2.24) is 14.9 Å². The van der Waals surface area contributed by atoms with Crippen molar-refractivity contribution < 1.29 is 19.1 Å². The van der Waals surface area contributed by atoms with Gasteiger partial charge < -0.3 is 19.4 Å². The molecule has 3 rings (SSSR count). The number of amides is 1. The summed E-state index contributed by atoms with van der Waals surface area (Å²) in [4.78, 5) is 28.3. The molecule has 25 heavy (non-hydrogen) atoms. The van der Waals surface area contributed by atoms with Crippen LogP contribution in [0.1, 0.15) is 30.1 Å². The van der Waals surface area contributed by atoms with Gasteiger partial charge in [0.05, 0.1) is 6.33 Å². The van der Waals surface area contributed by atoms with Crippen LogP contribution < -0.4 is 14.8 Å². The monoisotopic (exact) mass is 343 g/mol. The van der Waals surface area contributed by atoms with Crippen LogP contribution >= 0.6 is 0 Å². The lowest BCUT2D eigenvalue weighted by atomic mass is 10.1. The van der Waals surface area contributed by atoms with Gasteiger partial charge >= 0.3 is 0 Å². The van der Waals surface area contributed by atoms with E-state index >= 15 is 0 Å². The predicted molar refractivity (Wildman–Crippen MR) is 90.8 cm³/mol. The molecule has 0 bridgehead atoms. The van der Waals surface area contributed by atoms with E-state index in [4.69, 9.17) is 9.47 Å². The first-order valence-corrected chi connectivity index (χ1v) is 8.30. The van der Waals surface area contributed by atoms with Gasteiger partial charge in [-0.15, -0.1) is 0 Å². The molecule has 1 atom stereocenters. The molecule has 0 radical (unpaired) electrons. The molecule has 7 heteroatoms. The lowest BCUT2D eigenvalue weighted by Gasteiger charge is -2.18. The fourth-order valence-electron chi connectivity index (χ4n) is 2.69. The third-order valence-corrected chi connectivity index (χ3v) is 3.89. The third kappa shape index (κ3) is 4.59. The molecule has 0 spiro atoms. The Morgan fingerprint density at radius 3 is 2.80 bits per heavy atom. The van der Waals surface area contributed by atoms with E-state index in [1.165, 1.54) is 0 Å². The minimum absolute atomic E-state index is 0.0360. The summed E-state index contributed by atoms with van der Waals surface area (Å²) in [5, 5.41) is 2.89. The zero-order valence-corrected chi connectivity index (χ0v) is 14.1.